The van der Waals surface area contributed by atoms with Crippen LogP contribution in [-0.2, 0) is 11.2 Å². The number of hydrogen-bond donors (Lipinski definition) is 2. The van der Waals surface area contributed by atoms with Crippen molar-refractivity contribution in [2.75, 3.05) is 20.8 Å². The van der Waals surface area contributed by atoms with Gasteiger partial charge in [-0.2, -0.15) is 0 Å². The fourth-order valence-electron chi connectivity index (χ4n) is 2.00. The number of benzene rings is 1. The number of ether oxygens (including phenoxy) is 3. The van der Waals surface area contributed by atoms with Crippen LogP contribution in [0.25, 0.3) is 0 Å². The van der Waals surface area contributed by atoms with Crippen LogP contribution in [0.15, 0.2) is 12.1 Å². The molecule has 1 aromatic carbocycles. The van der Waals surface area contributed by atoms with Gasteiger partial charge in [-0.3, -0.25) is 0 Å². The highest BCUT2D eigenvalue weighted by Gasteiger charge is 2.23. The highest BCUT2D eigenvalue weighted by atomic mass is 16.6. The Morgan fingerprint density at radius 1 is 1.29 bits per heavy atom. The summed E-state index contributed by atoms with van der Waals surface area (Å²) in [5, 5.41) is 9.21. The van der Waals surface area contributed by atoms with Crippen molar-refractivity contribution in [3.63, 3.8) is 0 Å². The summed E-state index contributed by atoms with van der Waals surface area (Å²) < 4.78 is 16.2. The lowest BCUT2D eigenvalue weighted by Crippen LogP contribution is -2.27. The zero-order valence-corrected chi connectivity index (χ0v) is 12.7. The maximum atomic E-state index is 11.2. The van der Waals surface area contributed by atoms with Gasteiger partial charge >= 0.3 is 5.97 Å². The summed E-state index contributed by atoms with van der Waals surface area (Å²) in [4.78, 5) is 11.2. The van der Waals surface area contributed by atoms with E-state index in [1.54, 1.807) is 12.1 Å². The minimum atomic E-state index is -1.01. The molecule has 0 amide bonds. The summed E-state index contributed by atoms with van der Waals surface area (Å²) in [7, 11) is 3.01. The van der Waals surface area contributed by atoms with E-state index in [1.165, 1.54) is 14.2 Å². The van der Waals surface area contributed by atoms with Crippen LogP contribution in [0.3, 0.4) is 0 Å². The molecule has 0 bridgehead atoms. The molecule has 0 saturated carbocycles. The molecule has 21 heavy (non-hydrogen) atoms. The maximum absolute atomic E-state index is 11.2. The molecule has 118 valence electrons. The summed E-state index contributed by atoms with van der Waals surface area (Å²) in [6.45, 7) is 2.40. The van der Waals surface area contributed by atoms with Crippen molar-refractivity contribution in [2.45, 2.75) is 32.3 Å². The average molecular weight is 297 g/mol. The van der Waals surface area contributed by atoms with Gasteiger partial charge in [0.2, 0.25) is 5.75 Å². The van der Waals surface area contributed by atoms with E-state index >= 15 is 0 Å². The SMILES string of the molecule is CCCC(Oc1c(OC)cc(CCN)cc1OC)C(=O)O. The number of carboxylic acids is 1. The van der Waals surface area contributed by atoms with E-state index in [0.29, 0.717) is 43.1 Å². The molecule has 1 atom stereocenters. The second-order valence-electron chi connectivity index (χ2n) is 4.60. The molecule has 0 fully saturated rings. The Hall–Kier alpha value is -1.95. The van der Waals surface area contributed by atoms with E-state index in [-0.39, 0.29) is 0 Å². The predicted octanol–water partition coefficient (Wildman–Crippen LogP) is 1.84. The van der Waals surface area contributed by atoms with E-state index in [2.05, 4.69) is 0 Å². The normalized spacial score (nSPS) is 11.8. The molecule has 0 aromatic heterocycles. The van der Waals surface area contributed by atoms with Crippen molar-refractivity contribution in [2.24, 2.45) is 5.73 Å². The largest absolute Gasteiger partial charge is 0.493 e. The first-order valence-corrected chi connectivity index (χ1v) is 6.91. The Bertz CT molecular complexity index is 450. The van der Waals surface area contributed by atoms with Crippen molar-refractivity contribution < 1.29 is 24.1 Å². The summed E-state index contributed by atoms with van der Waals surface area (Å²) in [6.07, 6.45) is 0.849. The number of carbonyl (C=O) groups is 1. The summed E-state index contributed by atoms with van der Waals surface area (Å²) >= 11 is 0. The van der Waals surface area contributed by atoms with E-state index in [4.69, 9.17) is 19.9 Å². The first kappa shape index (κ1) is 17.1. The quantitative estimate of drug-likeness (QED) is 0.722. The van der Waals surface area contributed by atoms with Crippen LogP contribution in [0.2, 0.25) is 0 Å². The lowest BCUT2D eigenvalue weighted by Gasteiger charge is -2.19. The van der Waals surface area contributed by atoms with E-state index < -0.39 is 12.1 Å². The zero-order valence-electron chi connectivity index (χ0n) is 12.7. The van der Waals surface area contributed by atoms with Crippen LogP contribution in [0.5, 0.6) is 17.2 Å². The molecule has 0 aliphatic carbocycles. The van der Waals surface area contributed by atoms with Gasteiger partial charge in [-0.1, -0.05) is 13.3 Å². The average Bonchev–Trinajstić information content (AvgIpc) is 2.47. The van der Waals surface area contributed by atoms with Crippen molar-refractivity contribution in [1.29, 1.82) is 0 Å². The second-order valence-corrected chi connectivity index (χ2v) is 4.60. The molecular weight excluding hydrogens is 274 g/mol. The van der Waals surface area contributed by atoms with Gasteiger partial charge < -0.3 is 25.1 Å². The standard InChI is InChI=1S/C15H23NO5/c1-4-5-11(15(17)18)21-14-12(19-2)8-10(6-7-16)9-13(14)20-3/h8-9,11H,4-7,16H2,1-3H3,(H,17,18). The molecule has 0 aliphatic rings. The Kier molecular flexibility index (Phi) is 6.81. The highest BCUT2D eigenvalue weighted by molar-refractivity contribution is 5.73. The third-order valence-electron chi connectivity index (χ3n) is 3.04. The van der Waals surface area contributed by atoms with Crippen LogP contribution in [0.4, 0.5) is 0 Å². The summed E-state index contributed by atoms with van der Waals surface area (Å²) in [5.74, 6) is 0.189. The Labute approximate surface area is 124 Å². The number of rotatable bonds is 9. The first-order chi connectivity index (χ1) is 10.1. The third kappa shape index (κ3) is 4.53. The van der Waals surface area contributed by atoms with Gasteiger partial charge in [-0.15, -0.1) is 0 Å². The topological polar surface area (TPSA) is 91.0 Å². The number of nitrogens with two attached hydrogens (primary N) is 1. The van der Waals surface area contributed by atoms with E-state index in [0.717, 1.165) is 5.56 Å². The predicted molar refractivity (Wildman–Crippen MR) is 79.3 cm³/mol. The molecule has 0 aliphatic heterocycles. The third-order valence-corrected chi connectivity index (χ3v) is 3.04. The molecule has 1 rings (SSSR count). The molecular formula is C15H23NO5. The van der Waals surface area contributed by atoms with Crippen molar-refractivity contribution in [1.82, 2.24) is 0 Å². The summed E-state index contributed by atoms with van der Waals surface area (Å²) in [6, 6.07) is 3.57. The lowest BCUT2D eigenvalue weighted by atomic mass is 10.1. The van der Waals surface area contributed by atoms with Gasteiger partial charge in [-0.05, 0) is 37.1 Å². The number of aliphatic carboxylic acids is 1. The first-order valence-electron chi connectivity index (χ1n) is 6.91. The monoisotopic (exact) mass is 297 g/mol. The van der Waals surface area contributed by atoms with Crippen LogP contribution in [0, 0.1) is 0 Å². The van der Waals surface area contributed by atoms with Crippen LogP contribution < -0.4 is 19.9 Å². The molecule has 0 heterocycles. The molecule has 0 saturated heterocycles. The Morgan fingerprint density at radius 2 is 1.86 bits per heavy atom. The molecule has 0 spiro atoms. The van der Waals surface area contributed by atoms with Crippen LogP contribution in [-0.4, -0.2) is 37.9 Å². The molecule has 6 heteroatoms. The van der Waals surface area contributed by atoms with Crippen molar-refractivity contribution in [3.05, 3.63) is 17.7 Å². The number of methoxy groups -OCH3 is 2. The molecule has 6 nitrogen and oxygen atoms in total. The second kappa shape index (κ2) is 8.36. The van der Waals surface area contributed by atoms with Crippen LogP contribution >= 0.6 is 0 Å². The lowest BCUT2D eigenvalue weighted by molar-refractivity contribution is -0.145. The van der Waals surface area contributed by atoms with Crippen molar-refractivity contribution >= 4 is 5.97 Å². The fraction of sp³-hybridized carbons (Fsp3) is 0.533. The Morgan fingerprint density at radius 3 is 2.24 bits per heavy atom. The number of carboxylic acid groups (broad SMARTS) is 1. The fourth-order valence-corrected chi connectivity index (χ4v) is 2.00. The number of hydrogen-bond acceptors (Lipinski definition) is 5. The van der Waals surface area contributed by atoms with E-state index in [1.807, 2.05) is 6.92 Å². The Balaban J connectivity index is 3.16. The van der Waals surface area contributed by atoms with Gasteiger partial charge in [0, 0.05) is 0 Å². The maximum Gasteiger partial charge on any atom is 0.344 e. The molecule has 1 aromatic rings. The van der Waals surface area contributed by atoms with Gasteiger partial charge in [0.15, 0.2) is 17.6 Å². The zero-order chi connectivity index (χ0) is 15.8. The van der Waals surface area contributed by atoms with Gasteiger partial charge in [-0.25, -0.2) is 4.79 Å². The van der Waals surface area contributed by atoms with Gasteiger partial charge in [0.25, 0.3) is 0 Å². The summed E-state index contributed by atoms with van der Waals surface area (Å²) in [5.41, 5.74) is 6.50. The molecule has 0 radical (unpaired) electrons. The highest BCUT2D eigenvalue weighted by Crippen LogP contribution is 2.39. The molecule has 3 N–H and O–H groups in total. The van der Waals surface area contributed by atoms with Gasteiger partial charge in [0.05, 0.1) is 14.2 Å². The van der Waals surface area contributed by atoms with Crippen LogP contribution in [0.1, 0.15) is 25.3 Å². The van der Waals surface area contributed by atoms with E-state index in [9.17, 15) is 9.90 Å². The van der Waals surface area contributed by atoms with Crippen molar-refractivity contribution in [3.8, 4) is 17.2 Å². The minimum absolute atomic E-state index is 0.307. The smallest absolute Gasteiger partial charge is 0.344 e. The minimum Gasteiger partial charge on any atom is -0.493 e. The molecule has 1 unspecified atom stereocenters. The van der Waals surface area contributed by atoms with Gasteiger partial charge in [0.1, 0.15) is 0 Å².